The van der Waals surface area contributed by atoms with Crippen molar-refractivity contribution in [2.75, 3.05) is 6.54 Å². The van der Waals surface area contributed by atoms with Crippen molar-refractivity contribution >= 4 is 11.9 Å². The van der Waals surface area contributed by atoms with E-state index in [0.717, 1.165) is 18.2 Å². The van der Waals surface area contributed by atoms with E-state index in [1.54, 1.807) is 0 Å². The molecule has 2 aromatic rings. The second-order valence-corrected chi connectivity index (χ2v) is 5.99. The van der Waals surface area contributed by atoms with Gasteiger partial charge in [0.1, 0.15) is 18.3 Å². The number of carboxylic acid groups (broad SMARTS) is 1. The van der Waals surface area contributed by atoms with Crippen LogP contribution in [-0.2, 0) is 11.8 Å². The van der Waals surface area contributed by atoms with E-state index in [0.29, 0.717) is 4.90 Å². The summed E-state index contributed by atoms with van der Waals surface area (Å²) in [7, 11) is 1.52. The molecule has 1 amide bonds. The van der Waals surface area contributed by atoms with E-state index in [9.17, 15) is 32.3 Å². The van der Waals surface area contributed by atoms with Gasteiger partial charge in [-0.2, -0.15) is 18.3 Å². The van der Waals surface area contributed by atoms with Crippen LogP contribution in [0.1, 0.15) is 33.4 Å². The molecule has 1 aromatic heterocycles. The number of aromatic nitrogens is 2. The SMILES string of the molecule is Cn1cc(C2C(C(=O)O)c3ccc(F)cc3C(=O)N2CC(F)(F)F)cn1. The van der Waals surface area contributed by atoms with E-state index in [2.05, 4.69) is 5.10 Å². The van der Waals surface area contributed by atoms with Gasteiger partial charge in [-0.05, 0) is 17.7 Å². The number of aryl methyl sites for hydroxylation is 1. The number of benzene rings is 1. The molecule has 1 N–H and O–H groups in total. The lowest BCUT2D eigenvalue weighted by Crippen LogP contribution is -2.48. The van der Waals surface area contributed by atoms with Gasteiger partial charge in [0.05, 0.1) is 12.2 Å². The molecule has 10 heteroatoms. The summed E-state index contributed by atoms with van der Waals surface area (Å²) in [6.45, 7) is -1.66. The number of fused-ring (bicyclic) bond motifs is 1. The molecule has 0 aliphatic carbocycles. The summed E-state index contributed by atoms with van der Waals surface area (Å²) in [6, 6.07) is 1.43. The molecule has 138 valence electrons. The molecule has 2 heterocycles. The Hall–Kier alpha value is -2.91. The minimum Gasteiger partial charge on any atom is -0.481 e. The fourth-order valence-corrected chi connectivity index (χ4v) is 3.21. The molecule has 0 spiro atoms. The molecule has 0 saturated heterocycles. The third-order valence-electron chi connectivity index (χ3n) is 4.18. The van der Waals surface area contributed by atoms with Gasteiger partial charge in [-0.25, -0.2) is 4.39 Å². The quantitative estimate of drug-likeness (QED) is 0.842. The second kappa shape index (κ2) is 6.11. The summed E-state index contributed by atoms with van der Waals surface area (Å²) in [5.74, 6) is -4.84. The standard InChI is InChI=1S/C16H13F4N3O3/c1-22-6-8(5-21-22)13-12(15(25)26)10-3-2-9(17)4-11(10)14(24)23(13)7-16(18,19)20/h2-6,12-13H,7H2,1H3,(H,25,26). The number of aliphatic carboxylic acids is 1. The smallest absolute Gasteiger partial charge is 0.406 e. The van der Waals surface area contributed by atoms with Gasteiger partial charge in [0, 0.05) is 24.4 Å². The molecule has 0 saturated carbocycles. The Balaban J connectivity index is 2.23. The topological polar surface area (TPSA) is 75.4 Å². The number of carbonyl (C=O) groups is 2. The van der Waals surface area contributed by atoms with E-state index < -0.39 is 42.4 Å². The Labute approximate surface area is 144 Å². The lowest BCUT2D eigenvalue weighted by atomic mass is 9.80. The first kappa shape index (κ1) is 17.9. The average Bonchev–Trinajstić information content (AvgIpc) is 2.94. The maximum Gasteiger partial charge on any atom is 0.406 e. The van der Waals surface area contributed by atoms with Crippen molar-refractivity contribution in [3.8, 4) is 0 Å². The first-order chi connectivity index (χ1) is 12.1. The number of carbonyl (C=O) groups excluding carboxylic acids is 1. The average molecular weight is 371 g/mol. The first-order valence-corrected chi connectivity index (χ1v) is 7.47. The summed E-state index contributed by atoms with van der Waals surface area (Å²) >= 11 is 0. The number of halogens is 4. The van der Waals surface area contributed by atoms with E-state index in [1.165, 1.54) is 24.1 Å². The van der Waals surface area contributed by atoms with Crippen molar-refractivity contribution in [2.45, 2.75) is 18.1 Å². The summed E-state index contributed by atoms with van der Waals surface area (Å²) < 4.78 is 54.0. The van der Waals surface area contributed by atoms with Gasteiger partial charge in [-0.15, -0.1) is 0 Å². The van der Waals surface area contributed by atoms with Gasteiger partial charge in [0.2, 0.25) is 0 Å². The highest BCUT2D eigenvalue weighted by Crippen LogP contribution is 2.44. The normalized spacial score (nSPS) is 20.2. The lowest BCUT2D eigenvalue weighted by Gasteiger charge is -2.40. The summed E-state index contributed by atoms with van der Waals surface area (Å²) in [4.78, 5) is 24.9. The highest BCUT2D eigenvalue weighted by molar-refractivity contribution is 6.00. The Bertz CT molecular complexity index is 878. The van der Waals surface area contributed by atoms with Crippen LogP contribution in [0.3, 0.4) is 0 Å². The highest BCUT2D eigenvalue weighted by Gasteiger charge is 2.48. The van der Waals surface area contributed by atoms with Crippen LogP contribution in [0.2, 0.25) is 0 Å². The number of nitrogens with zero attached hydrogens (tertiary/aromatic N) is 3. The van der Waals surface area contributed by atoms with Crippen LogP contribution in [0.5, 0.6) is 0 Å². The molecule has 2 atom stereocenters. The zero-order valence-electron chi connectivity index (χ0n) is 13.4. The number of rotatable bonds is 3. The molecule has 0 fully saturated rings. The van der Waals surface area contributed by atoms with E-state index >= 15 is 0 Å². The Kier molecular flexibility index (Phi) is 4.21. The summed E-state index contributed by atoms with van der Waals surface area (Å²) in [6.07, 6.45) is -2.19. The minimum absolute atomic E-state index is 0.0313. The van der Waals surface area contributed by atoms with Crippen molar-refractivity contribution in [1.82, 2.24) is 14.7 Å². The molecule has 6 nitrogen and oxygen atoms in total. The summed E-state index contributed by atoms with van der Waals surface area (Å²) in [5, 5.41) is 13.5. The fourth-order valence-electron chi connectivity index (χ4n) is 3.21. The van der Waals surface area contributed by atoms with Crippen molar-refractivity contribution < 1.29 is 32.3 Å². The molecule has 1 aliphatic rings. The number of amides is 1. The molecular formula is C16H13F4N3O3. The van der Waals surface area contributed by atoms with E-state index in [4.69, 9.17) is 0 Å². The molecule has 0 radical (unpaired) electrons. The number of hydrogen-bond donors (Lipinski definition) is 1. The van der Waals surface area contributed by atoms with E-state index in [-0.39, 0.29) is 16.7 Å². The molecule has 26 heavy (non-hydrogen) atoms. The third kappa shape index (κ3) is 3.14. The largest absolute Gasteiger partial charge is 0.481 e. The van der Waals surface area contributed by atoms with Crippen LogP contribution in [0.4, 0.5) is 17.6 Å². The van der Waals surface area contributed by atoms with Crippen LogP contribution in [0.25, 0.3) is 0 Å². The van der Waals surface area contributed by atoms with Crippen LogP contribution < -0.4 is 0 Å². The zero-order valence-corrected chi connectivity index (χ0v) is 13.4. The predicted octanol–water partition coefficient (Wildman–Crippen LogP) is 2.49. The molecule has 2 unspecified atom stereocenters. The Morgan fingerprint density at radius 2 is 2.04 bits per heavy atom. The molecule has 0 bridgehead atoms. The van der Waals surface area contributed by atoms with Crippen molar-refractivity contribution in [1.29, 1.82) is 0 Å². The van der Waals surface area contributed by atoms with Gasteiger partial charge in [-0.3, -0.25) is 14.3 Å². The zero-order chi connectivity index (χ0) is 19.2. The Morgan fingerprint density at radius 3 is 2.58 bits per heavy atom. The van der Waals surface area contributed by atoms with E-state index in [1.807, 2.05) is 0 Å². The summed E-state index contributed by atoms with van der Waals surface area (Å²) in [5.41, 5.74) is -0.273. The van der Waals surface area contributed by atoms with Crippen molar-refractivity contribution in [3.05, 3.63) is 53.1 Å². The van der Waals surface area contributed by atoms with Crippen LogP contribution in [0, 0.1) is 5.82 Å². The first-order valence-electron chi connectivity index (χ1n) is 7.47. The number of carboxylic acids is 1. The highest BCUT2D eigenvalue weighted by atomic mass is 19.4. The molecule has 3 rings (SSSR count). The van der Waals surface area contributed by atoms with Gasteiger partial charge in [-0.1, -0.05) is 6.07 Å². The maximum absolute atomic E-state index is 13.5. The monoisotopic (exact) mass is 371 g/mol. The van der Waals surface area contributed by atoms with Crippen molar-refractivity contribution in [3.63, 3.8) is 0 Å². The second-order valence-electron chi connectivity index (χ2n) is 5.99. The molecule has 1 aliphatic heterocycles. The van der Waals surface area contributed by atoms with Crippen molar-refractivity contribution in [2.24, 2.45) is 7.05 Å². The van der Waals surface area contributed by atoms with Crippen LogP contribution in [0.15, 0.2) is 30.6 Å². The van der Waals surface area contributed by atoms with Crippen LogP contribution >= 0.6 is 0 Å². The van der Waals surface area contributed by atoms with Gasteiger partial charge in [0.15, 0.2) is 0 Å². The van der Waals surface area contributed by atoms with Gasteiger partial charge >= 0.3 is 12.1 Å². The fraction of sp³-hybridized carbons (Fsp3) is 0.312. The minimum atomic E-state index is -4.76. The molecule has 1 aromatic carbocycles. The third-order valence-corrected chi connectivity index (χ3v) is 4.18. The number of alkyl halides is 3. The van der Waals surface area contributed by atoms with Gasteiger partial charge in [0.25, 0.3) is 5.91 Å². The number of hydrogen-bond acceptors (Lipinski definition) is 3. The van der Waals surface area contributed by atoms with Crippen LogP contribution in [-0.4, -0.2) is 44.4 Å². The lowest BCUT2D eigenvalue weighted by molar-refractivity contribution is -0.153. The predicted molar refractivity (Wildman–Crippen MR) is 79.8 cm³/mol. The Morgan fingerprint density at radius 1 is 1.35 bits per heavy atom. The molecular weight excluding hydrogens is 358 g/mol. The maximum atomic E-state index is 13.5. The van der Waals surface area contributed by atoms with Gasteiger partial charge < -0.3 is 10.0 Å².